The molecule has 4 heteroatoms. The SMILES string of the molecule is CC1CCC(N2N=C(CC#N)CC2O)CC1. The second-order valence-corrected chi connectivity index (χ2v) is 4.98. The van der Waals surface area contributed by atoms with E-state index in [2.05, 4.69) is 18.1 Å². The smallest absolute Gasteiger partial charge is 0.148 e. The first-order chi connectivity index (χ1) is 7.70. The van der Waals surface area contributed by atoms with Crippen LogP contribution in [0.5, 0.6) is 0 Å². The lowest BCUT2D eigenvalue weighted by atomic mass is 9.87. The van der Waals surface area contributed by atoms with Crippen LogP contribution >= 0.6 is 0 Å². The molecule has 2 rings (SSSR count). The van der Waals surface area contributed by atoms with Crippen LogP contribution in [0.2, 0.25) is 0 Å². The van der Waals surface area contributed by atoms with Crippen molar-refractivity contribution in [2.24, 2.45) is 11.0 Å². The quantitative estimate of drug-likeness (QED) is 0.774. The molecule has 1 saturated carbocycles. The van der Waals surface area contributed by atoms with E-state index in [1.165, 1.54) is 12.8 Å². The standard InChI is InChI=1S/C12H19N3O/c1-9-2-4-11(5-3-9)15-12(16)8-10(14-15)6-7-13/h9,11-12,16H,2-6,8H2,1H3. The average Bonchev–Trinajstić information content (AvgIpc) is 2.61. The molecule has 0 spiro atoms. The van der Waals surface area contributed by atoms with Gasteiger partial charge in [0.05, 0.1) is 18.2 Å². The van der Waals surface area contributed by atoms with Crippen LogP contribution < -0.4 is 0 Å². The predicted molar refractivity (Wildman–Crippen MR) is 61.5 cm³/mol. The van der Waals surface area contributed by atoms with E-state index in [1.54, 1.807) is 0 Å². The van der Waals surface area contributed by atoms with E-state index < -0.39 is 6.23 Å². The van der Waals surface area contributed by atoms with Crippen molar-refractivity contribution >= 4 is 5.71 Å². The number of rotatable bonds is 2. The molecule has 1 fully saturated rings. The molecule has 0 aromatic carbocycles. The van der Waals surface area contributed by atoms with Gasteiger partial charge in [-0.05, 0) is 31.6 Å². The van der Waals surface area contributed by atoms with Gasteiger partial charge in [-0.15, -0.1) is 0 Å². The summed E-state index contributed by atoms with van der Waals surface area (Å²) in [5.41, 5.74) is 0.827. The fourth-order valence-electron chi connectivity index (χ4n) is 2.61. The van der Waals surface area contributed by atoms with E-state index >= 15 is 0 Å². The third-order valence-electron chi connectivity index (χ3n) is 3.62. The lowest BCUT2D eigenvalue weighted by molar-refractivity contribution is -0.0184. The normalized spacial score (nSPS) is 34.7. The van der Waals surface area contributed by atoms with Crippen molar-refractivity contribution in [1.82, 2.24) is 5.01 Å². The van der Waals surface area contributed by atoms with Crippen molar-refractivity contribution in [2.45, 2.75) is 57.7 Å². The number of nitriles is 1. The number of hydrogen-bond donors (Lipinski definition) is 1. The second-order valence-electron chi connectivity index (χ2n) is 4.98. The van der Waals surface area contributed by atoms with E-state index in [0.29, 0.717) is 18.9 Å². The highest BCUT2D eigenvalue weighted by molar-refractivity contribution is 5.87. The van der Waals surface area contributed by atoms with Gasteiger partial charge < -0.3 is 5.11 Å². The maximum Gasteiger partial charge on any atom is 0.148 e. The summed E-state index contributed by atoms with van der Waals surface area (Å²) < 4.78 is 0. The summed E-state index contributed by atoms with van der Waals surface area (Å²) in [6.45, 7) is 2.28. The van der Waals surface area contributed by atoms with E-state index in [1.807, 2.05) is 5.01 Å². The van der Waals surface area contributed by atoms with Crippen LogP contribution in [0.25, 0.3) is 0 Å². The van der Waals surface area contributed by atoms with E-state index in [4.69, 9.17) is 5.26 Å². The third kappa shape index (κ3) is 2.35. The van der Waals surface area contributed by atoms with Gasteiger partial charge in [-0.1, -0.05) is 6.92 Å². The zero-order chi connectivity index (χ0) is 11.5. The molecule has 1 aliphatic carbocycles. The third-order valence-corrected chi connectivity index (χ3v) is 3.62. The molecule has 1 heterocycles. The molecule has 16 heavy (non-hydrogen) atoms. The Morgan fingerprint density at radius 2 is 2.12 bits per heavy atom. The first kappa shape index (κ1) is 11.4. The highest BCUT2D eigenvalue weighted by atomic mass is 16.3. The minimum Gasteiger partial charge on any atom is -0.372 e. The Kier molecular flexibility index (Phi) is 3.45. The van der Waals surface area contributed by atoms with Gasteiger partial charge in [0.2, 0.25) is 0 Å². The molecule has 1 atom stereocenters. The molecule has 0 radical (unpaired) electrons. The van der Waals surface area contributed by atoms with Crippen molar-refractivity contribution in [2.75, 3.05) is 0 Å². The van der Waals surface area contributed by atoms with Crippen molar-refractivity contribution in [3.63, 3.8) is 0 Å². The Bertz CT molecular complexity index is 313. The number of hydrogen-bond acceptors (Lipinski definition) is 4. The van der Waals surface area contributed by atoms with Crippen LogP contribution in [0, 0.1) is 17.2 Å². The first-order valence-electron chi connectivity index (χ1n) is 6.10. The highest BCUT2D eigenvalue weighted by Gasteiger charge is 2.32. The Labute approximate surface area is 96.6 Å². The minimum atomic E-state index is -0.498. The highest BCUT2D eigenvalue weighted by Crippen LogP contribution is 2.30. The average molecular weight is 221 g/mol. The number of aliphatic hydroxyl groups excluding tert-OH is 1. The van der Waals surface area contributed by atoms with Gasteiger partial charge in [0.25, 0.3) is 0 Å². The Morgan fingerprint density at radius 1 is 1.44 bits per heavy atom. The molecule has 2 aliphatic rings. The van der Waals surface area contributed by atoms with Gasteiger partial charge in [-0.3, -0.25) is 5.01 Å². The molecule has 88 valence electrons. The monoisotopic (exact) mass is 221 g/mol. The summed E-state index contributed by atoms with van der Waals surface area (Å²) in [6.07, 6.45) is 5.05. The number of aliphatic hydroxyl groups is 1. The molecule has 0 aromatic heterocycles. The minimum absolute atomic E-state index is 0.344. The van der Waals surface area contributed by atoms with Crippen LogP contribution in [-0.2, 0) is 0 Å². The van der Waals surface area contributed by atoms with Gasteiger partial charge in [0.1, 0.15) is 6.23 Å². The maximum absolute atomic E-state index is 9.91. The topological polar surface area (TPSA) is 59.6 Å². The fraction of sp³-hybridized carbons (Fsp3) is 0.833. The predicted octanol–water partition coefficient (Wildman–Crippen LogP) is 1.86. The van der Waals surface area contributed by atoms with Crippen LogP contribution in [0.15, 0.2) is 5.10 Å². The molecule has 0 amide bonds. The van der Waals surface area contributed by atoms with Crippen LogP contribution in [-0.4, -0.2) is 28.1 Å². The summed E-state index contributed by atoms with van der Waals surface area (Å²) >= 11 is 0. The van der Waals surface area contributed by atoms with Crippen molar-refractivity contribution < 1.29 is 5.11 Å². The van der Waals surface area contributed by atoms with Gasteiger partial charge in [-0.2, -0.15) is 10.4 Å². The van der Waals surface area contributed by atoms with Crippen LogP contribution in [0.3, 0.4) is 0 Å². The molecule has 4 nitrogen and oxygen atoms in total. The summed E-state index contributed by atoms with van der Waals surface area (Å²) in [4.78, 5) is 0. The fourth-order valence-corrected chi connectivity index (χ4v) is 2.61. The van der Waals surface area contributed by atoms with Crippen LogP contribution in [0.1, 0.15) is 45.4 Å². The van der Waals surface area contributed by atoms with Gasteiger partial charge in [-0.25, -0.2) is 0 Å². The summed E-state index contributed by atoms with van der Waals surface area (Å²) in [6, 6.07) is 2.47. The zero-order valence-corrected chi connectivity index (χ0v) is 9.76. The lowest BCUT2D eigenvalue weighted by Gasteiger charge is -2.34. The molecule has 1 N–H and O–H groups in total. The van der Waals surface area contributed by atoms with Gasteiger partial charge >= 0.3 is 0 Å². The molecule has 0 saturated heterocycles. The summed E-state index contributed by atoms with van der Waals surface area (Å²) in [5, 5.41) is 24.7. The largest absolute Gasteiger partial charge is 0.372 e. The van der Waals surface area contributed by atoms with Crippen LogP contribution in [0.4, 0.5) is 0 Å². The van der Waals surface area contributed by atoms with Gasteiger partial charge in [0, 0.05) is 12.5 Å². The van der Waals surface area contributed by atoms with Crippen molar-refractivity contribution in [3.8, 4) is 6.07 Å². The second kappa shape index (κ2) is 4.84. The molecule has 0 bridgehead atoms. The molecular weight excluding hydrogens is 202 g/mol. The van der Waals surface area contributed by atoms with E-state index in [-0.39, 0.29) is 0 Å². The van der Waals surface area contributed by atoms with E-state index in [0.717, 1.165) is 24.5 Å². The lowest BCUT2D eigenvalue weighted by Crippen LogP contribution is -2.38. The Hall–Kier alpha value is -1.08. The number of hydrazone groups is 1. The summed E-state index contributed by atoms with van der Waals surface area (Å²) in [5.74, 6) is 0.804. The zero-order valence-electron chi connectivity index (χ0n) is 9.76. The Morgan fingerprint density at radius 3 is 2.75 bits per heavy atom. The first-order valence-corrected chi connectivity index (χ1v) is 6.10. The molecule has 1 unspecified atom stereocenters. The molecule has 1 aliphatic heterocycles. The van der Waals surface area contributed by atoms with Crippen molar-refractivity contribution in [3.05, 3.63) is 0 Å². The Balaban J connectivity index is 1.96. The number of nitrogens with zero attached hydrogens (tertiary/aromatic N) is 3. The van der Waals surface area contributed by atoms with Crippen molar-refractivity contribution in [1.29, 1.82) is 5.26 Å². The maximum atomic E-state index is 9.91. The molecule has 0 aromatic rings. The van der Waals surface area contributed by atoms with E-state index in [9.17, 15) is 5.11 Å². The molecular formula is C12H19N3O. The summed E-state index contributed by atoms with van der Waals surface area (Å²) in [7, 11) is 0. The van der Waals surface area contributed by atoms with Gasteiger partial charge in [0.15, 0.2) is 0 Å².